The van der Waals surface area contributed by atoms with E-state index in [1.54, 1.807) is 7.62 Å². The number of nitrogens with one attached hydrogen (secondary N) is 1. The molecule has 3 heteroatoms. The Morgan fingerprint density at radius 2 is 2.22 bits per heavy atom. The van der Waals surface area contributed by atoms with Gasteiger partial charge in [0.05, 0.1) is 6.10 Å². The summed E-state index contributed by atoms with van der Waals surface area (Å²) in [6, 6.07) is 0.638. The highest BCUT2D eigenvalue weighted by molar-refractivity contribution is 6.24. The van der Waals surface area contributed by atoms with E-state index in [4.69, 9.17) is 4.65 Å². The Morgan fingerprint density at radius 1 is 1.33 bits per heavy atom. The van der Waals surface area contributed by atoms with E-state index in [0.29, 0.717) is 12.1 Å². The highest BCUT2D eigenvalue weighted by atomic mass is 16.5. The van der Waals surface area contributed by atoms with Crippen LogP contribution in [0.4, 0.5) is 0 Å². The van der Waals surface area contributed by atoms with Crippen LogP contribution in [-0.4, -0.2) is 19.8 Å². The molecule has 0 spiro atoms. The van der Waals surface area contributed by atoms with Crippen LogP contribution in [0.5, 0.6) is 0 Å². The minimum atomic E-state index is 0.499. The van der Waals surface area contributed by atoms with Gasteiger partial charge in [0.1, 0.15) is 0 Å². The molecule has 1 aliphatic heterocycles. The molecule has 0 aromatic rings. The molecule has 1 aliphatic carbocycles. The summed E-state index contributed by atoms with van der Waals surface area (Å²) in [6.45, 7) is 0. The van der Waals surface area contributed by atoms with Crippen molar-refractivity contribution in [1.29, 1.82) is 0 Å². The molecule has 2 nitrogen and oxygen atoms in total. The normalized spacial score (nSPS) is 41.8. The predicted octanol–water partition coefficient (Wildman–Crippen LogP) is 0.452. The smallest absolute Gasteiger partial charge is 0.396 e. The zero-order chi connectivity index (χ0) is 6.10. The summed E-state index contributed by atoms with van der Waals surface area (Å²) < 4.78 is 5.32. The van der Waals surface area contributed by atoms with Gasteiger partial charge in [-0.1, -0.05) is 12.8 Å². The van der Waals surface area contributed by atoms with Crippen molar-refractivity contribution in [3.05, 3.63) is 0 Å². The second kappa shape index (κ2) is 2.31. The fourth-order valence-electron chi connectivity index (χ4n) is 1.66. The monoisotopic (exact) mass is 124 g/mol. The summed E-state index contributed by atoms with van der Waals surface area (Å²) in [6.07, 6.45) is 5.75. The largest absolute Gasteiger partial charge is 0.420 e. The third-order valence-corrected chi connectivity index (χ3v) is 2.23. The molecule has 1 N–H and O–H groups in total. The Bertz CT molecular complexity index is 97.2. The van der Waals surface area contributed by atoms with Crippen LogP contribution >= 0.6 is 0 Å². The summed E-state index contributed by atoms with van der Waals surface area (Å²) in [5, 5.41) is 3.21. The van der Waals surface area contributed by atoms with E-state index in [2.05, 4.69) is 5.23 Å². The van der Waals surface area contributed by atoms with Gasteiger partial charge < -0.3 is 9.88 Å². The molecule has 0 aromatic heterocycles. The summed E-state index contributed by atoms with van der Waals surface area (Å²) in [5.41, 5.74) is 0. The zero-order valence-electron chi connectivity index (χ0n) is 5.47. The first-order chi connectivity index (χ1) is 4.47. The lowest BCUT2D eigenvalue weighted by Gasteiger charge is -2.23. The predicted molar refractivity (Wildman–Crippen MR) is 36.0 cm³/mol. The molecule has 1 heterocycles. The van der Waals surface area contributed by atoms with Crippen LogP contribution in [0.1, 0.15) is 25.7 Å². The van der Waals surface area contributed by atoms with E-state index in [9.17, 15) is 0 Å². The van der Waals surface area contributed by atoms with Crippen molar-refractivity contribution < 1.29 is 4.65 Å². The lowest BCUT2D eigenvalue weighted by Crippen LogP contribution is -2.33. The van der Waals surface area contributed by atoms with Crippen molar-refractivity contribution in [3.63, 3.8) is 0 Å². The minimum Gasteiger partial charge on any atom is -0.420 e. The van der Waals surface area contributed by atoms with E-state index in [1.165, 1.54) is 25.7 Å². The van der Waals surface area contributed by atoms with Gasteiger partial charge >= 0.3 is 7.62 Å². The molecule has 0 unspecified atom stereocenters. The van der Waals surface area contributed by atoms with Crippen LogP contribution < -0.4 is 5.23 Å². The molecule has 0 bridgehead atoms. The van der Waals surface area contributed by atoms with Gasteiger partial charge in [0.25, 0.3) is 0 Å². The third kappa shape index (κ3) is 0.991. The molecule has 2 fully saturated rings. The van der Waals surface area contributed by atoms with Crippen LogP contribution in [0.2, 0.25) is 0 Å². The van der Waals surface area contributed by atoms with Crippen molar-refractivity contribution in [3.8, 4) is 0 Å². The first-order valence-corrected chi connectivity index (χ1v) is 3.70. The molecule has 2 aliphatic rings. The third-order valence-electron chi connectivity index (χ3n) is 2.23. The molecule has 1 saturated heterocycles. The first kappa shape index (κ1) is 5.75. The molecule has 49 valence electrons. The molecule has 0 aromatic carbocycles. The SMILES string of the molecule is [B]1N[C@@H]2CCCC[C@@H]2O1. The topological polar surface area (TPSA) is 21.3 Å². The van der Waals surface area contributed by atoms with Gasteiger partial charge in [-0.15, -0.1) is 0 Å². The zero-order valence-corrected chi connectivity index (χ0v) is 5.47. The van der Waals surface area contributed by atoms with Gasteiger partial charge in [0.2, 0.25) is 0 Å². The van der Waals surface area contributed by atoms with Gasteiger partial charge in [-0.25, -0.2) is 0 Å². The fraction of sp³-hybridized carbons (Fsp3) is 1.00. The Labute approximate surface area is 56.3 Å². The molecule has 1 radical (unpaired) electrons. The first-order valence-electron chi connectivity index (χ1n) is 3.70. The number of hydrogen-bond donors (Lipinski definition) is 1. The second-order valence-electron chi connectivity index (χ2n) is 2.85. The van der Waals surface area contributed by atoms with E-state index in [-0.39, 0.29) is 0 Å². The Kier molecular flexibility index (Phi) is 1.48. The highest BCUT2D eigenvalue weighted by Gasteiger charge is 2.30. The summed E-state index contributed by atoms with van der Waals surface area (Å²) in [7, 11) is 1.75. The van der Waals surface area contributed by atoms with Gasteiger partial charge in [-0.2, -0.15) is 0 Å². The lowest BCUT2D eigenvalue weighted by atomic mass is 9.93. The highest BCUT2D eigenvalue weighted by Crippen LogP contribution is 2.23. The quantitative estimate of drug-likeness (QED) is 0.473. The molecule has 0 amide bonds. The molecular weight excluding hydrogens is 113 g/mol. The average molecular weight is 124 g/mol. The summed E-state index contributed by atoms with van der Waals surface area (Å²) >= 11 is 0. The Balaban J connectivity index is 1.97. The molecule has 2 atom stereocenters. The van der Waals surface area contributed by atoms with Gasteiger partial charge in [-0.05, 0) is 12.8 Å². The van der Waals surface area contributed by atoms with Crippen LogP contribution in [0.25, 0.3) is 0 Å². The fourth-order valence-corrected chi connectivity index (χ4v) is 1.66. The summed E-state index contributed by atoms with van der Waals surface area (Å²) in [4.78, 5) is 0. The minimum absolute atomic E-state index is 0.499. The van der Waals surface area contributed by atoms with E-state index < -0.39 is 0 Å². The van der Waals surface area contributed by atoms with E-state index in [0.717, 1.165) is 0 Å². The Hall–Kier alpha value is -0.0151. The maximum absolute atomic E-state index is 5.32. The lowest BCUT2D eigenvalue weighted by molar-refractivity contribution is 0.171. The van der Waals surface area contributed by atoms with Gasteiger partial charge in [0, 0.05) is 6.04 Å². The maximum Gasteiger partial charge on any atom is 0.396 e. The standard InChI is InChI=1S/C6H11BNO/c1-2-4-6-5(3-1)8-7-9-6/h5-6,8H,1-4H2/t5-,6+/m1/s1. The number of fused-ring (bicyclic) bond motifs is 1. The van der Waals surface area contributed by atoms with Crippen molar-refractivity contribution >= 4 is 7.62 Å². The van der Waals surface area contributed by atoms with Crippen molar-refractivity contribution in [2.45, 2.75) is 37.8 Å². The number of hydrogen-bond acceptors (Lipinski definition) is 2. The van der Waals surface area contributed by atoms with Gasteiger partial charge in [-0.3, -0.25) is 0 Å². The van der Waals surface area contributed by atoms with Crippen LogP contribution in [0.3, 0.4) is 0 Å². The Morgan fingerprint density at radius 3 is 3.11 bits per heavy atom. The molecular formula is C6H11BNO. The maximum atomic E-state index is 5.32. The molecule has 2 rings (SSSR count). The molecule has 9 heavy (non-hydrogen) atoms. The van der Waals surface area contributed by atoms with Crippen molar-refractivity contribution in [2.24, 2.45) is 0 Å². The van der Waals surface area contributed by atoms with Crippen molar-refractivity contribution in [2.75, 3.05) is 0 Å². The van der Waals surface area contributed by atoms with Crippen LogP contribution in [-0.2, 0) is 4.65 Å². The second-order valence-corrected chi connectivity index (χ2v) is 2.85. The van der Waals surface area contributed by atoms with E-state index >= 15 is 0 Å². The van der Waals surface area contributed by atoms with Crippen LogP contribution in [0, 0.1) is 0 Å². The average Bonchev–Trinajstić information content (AvgIpc) is 2.33. The van der Waals surface area contributed by atoms with E-state index in [1.807, 2.05) is 0 Å². The summed E-state index contributed by atoms with van der Waals surface area (Å²) in [5.74, 6) is 0. The molecule has 1 saturated carbocycles. The van der Waals surface area contributed by atoms with Crippen molar-refractivity contribution in [1.82, 2.24) is 5.23 Å². The van der Waals surface area contributed by atoms with Crippen LogP contribution in [0.15, 0.2) is 0 Å². The van der Waals surface area contributed by atoms with Gasteiger partial charge in [0.15, 0.2) is 0 Å². The number of rotatable bonds is 0.